The Morgan fingerprint density at radius 2 is 1.74 bits per heavy atom. The average Bonchev–Trinajstić information content (AvgIpc) is 2.38. The lowest BCUT2D eigenvalue weighted by atomic mass is 9.95. The van der Waals surface area contributed by atoms with Crippen LogP contribution in [-0.2, 0) is 15.8 Å². The molecule has 128 valence electrons. The molecule has 1 unspecified atom stereocenters. The van der Waals surface area contributed by atoms with Crippen LogP contribution in [0.2, 0.25) is 5.02 Å². The van der Waals surface area contributed by atoms with E-state index in [2.05, 4.69) is 10.6 Å². The van der Waals surface area contributed by atoms with E-state index in [1.54, 1.807) is 20.8 Å². The Kier molecular flexibility index (Phi) is 5.69. The second kappa shape index (κ2) is 6.78. The van der Waals surface area contributed by atoms with Crippen molar-refractivity contribution in [2.24, 2.45) is 5.41 Å². The summed E-state index contributed by atoms with van der Waals surface area (Å²) in [4.78, 5) is 23.8. The van der Waals surface area contributed by atoms with Gasteiger partial charge in [0.2, 0.25) is 11.8 Å². The molecule has 0 spiro atoms. The summed E-state index contributed by atoms with van der Waals surface area (Å²) in [7, 11) is 0. The first kappa shape index (κ1) is 19.3. The molecule has 23 heavy (non-hydrogen) atoms. The normalized spacial score (nSPS) is 13.4. The molecule has 0 radical (unpaired) electrons. The largest absolute Gasteiger partial charge is 0.417 e. The molecule has 0 aliphatic rings. The van der Waals surface area contributed by atoms with E-state index >= 15 is 0 Å². The van der Waals surface area contributed by atoms with E-state index in [0.717, 1.165) is 12.1 Å². The Morgan fingerprint density at radius 1 is 1.17 bits per heavy atom. The molecule has 0 aliphatic carbocycles. The fourth-order valence-electron chi connectivity index (χ4n) is 1.55. The van der Waals surface area contributed by atoms with Crippen LogP contribution >= 0.6 is 11.6 Å². The zero-order valence-electron chi connectivity index (χ0n) is 13.1. The van der Waals surface area contributed by atoms with Crippen LogP contribution in [0, 0.1) is 5.41 Å². The Labute approximate surface area is 137 Å². The van der Waals surface area contributed by atoms with Crippen LogP contribution < -0.4 is 10.6 Å². The van der Waals surface area contributed by atoms with Gasteiger partial charge in [0.25, 0.3) is 0 Å². The summed E-state index contributed by atoms with van der Waals surface area (Å²) < 4.78 is 38.3. The van der Waals surface area contributed by atoms with E-state index < -0.39 is 34.1 Å². The Bertz CT molecular complexity index is 610. The van der Waals surface area contributed by atoms with Crippen molar-refractivity contribution in [3.8, 4) is 0 Å². The molecule has 0 saturated heterocycles. The van der Waals surface area contributed by atoms with Crippen LogP contribution in [0.4, 0.5) is 18.9 Å². The molecule has 0 aromatic heterocycles. The van der Waals surface area contributed by atoms with E-state index in [4.69, 9.17) is 11.6 Å². The molecule has 8 heteroatoms. The number of alkyl halides is 3. The van der Waals surface area contributed by atoms with Crippen LogP contribution in [-0.4, -0.2) is 17.9 Å². The maximum atomic E-state index is 12.8. The van der Waals surface area contributed by atoms with Crippen LogP contribution in [0.1, 0.15) is 33.3 Å². The minimum Gasteiger partial charge on any atom is -0.344 e. The monoisotopic (exact) mass is 350 g/mol. The molecular weight excluding hydrogens is 333 g/mol. The quantitative estimate of drug-likeness (QED) is 0.870. The van der Waals surface area contributed by atoms with Crippen LogP contribution in [0.5, 0.6) is 0 Å². The van der Waals surface area contributed by atoms with Gasteiger partial charge in [-0.25, -0.2) is 0 Å². The topological polar surface area (TPSA) is 58.2 Å². The first-order valence-corrected chi connectivity index (χ1v) is 7.18. The predicted octanol–water partition coefficient (Wildman–Crippen LogP) is 3.85. The third-order valence-corrected chi connectivity index (χ3v) is 3.29. The Balaban J connectivity index is 2.84. The van der Waals surface area contributed by atoms with Gasteiger partial charge in [-0.3, -0.25) is 9.59 Å². The molecule has 0 aliphatic heterocycles. The second-order valence-electron chi connectivity index (χ2n) is 6.13. The van der Waals surface area contributed by atoms with Crippen LogP contribution in [0.3, 0.4) is 0 Å². The fourth-order valence-corrected chi connectivity index (χ4v) is 1.77. The van der Waals surface area contributed by atoms with Gasteiger partial charge in [-0.05, 0) is 25.1 Å². The zero-order valence-corrected chi connectivity index (χ0v) is 13.9. The van der Waals surface area contributed by atoms with Gasteiger partial charge in [0.15, 0.2) is 0 Å². The fraction of sp³-hybridized carbons (Fsp3) is 0.467. The lowest BCUT2D eigenvalue weighted by Crippen LogP contribution is -2.46. The van der Waals surface area contributed by atoms with Gasteiger partial charge in [-0.15, -0.1) is 0 Å². The molecule has 1 rings (SSSR count). The number of nitrogens with one attached hydrogen (secondary N) is 2. The highest BCUT2D eigenvalue weighted by molar-refractivity contribution is 6.31. The van der Waals surface area contributed by atoms with Crippen molar-refractivity contribution in [3.63, 3.8) is 0 Å². The van der Waals surface area contributed by atoms with Crippen molar-refractivity contribution in [3.05, 3.63) is 28.8 Å². The minimum absolute atomic E-state index is 0.0522. The van der Waals surface area contributed by atoms with Crippen LogP contribution in [0.25, 0.3) is 0 Å². The summed E-state index contributed by atoms with van der Waals surface area (Å²) in [6, 6.07) is 2.16. The van der Waals surface area contributed by atoms with E-state index in [1.807, 2.05) is 0 Å². The van der Waals surface area contributed by atoms with Crippen molar-refractivity contribution < 1.29 is 22.8 Å². The van der Waals surface area contributed by atoms with Gasteiger partial charge in [0.05, 0.1) is 10.6 Å². The number of amides is 2. The molecule has 0 fully saturated rings. The molecule has 2 N–H and O–H groups in total. The van der Waals surface area contributed by atoms with Gasteiger partial charge >= 0.3 is 6.18 Å². The third-order valence-electron chi connectivity index (χ3n) is 2.96. The van der Waals surface area contributed by atoms with E-state index in [0.29, 0.717) is 0 Å². The summed E-state index contributed by atoms with van der Waals surface area (Å²) in [5.74, 6) is -0.967. The summed E-state index contributed by atoms with van der Waals surface area (Å²) in [6.45, 7) is 6.49. The molecule has 0 bridgehead atoms. The first-order chi connectivity index (χ1) is 10.3. The molecule has 0 heterocycles. The van der Waals surface area contributed by atoms with Crippen molar-refractivity contribution in [1.29, 1.82) is 0 Å². The number of hydrogen-bond donors (Lipinski definition) is 2. The molecule has 2 amide bonds. The lowest BCUT2D eigenvalue weighted by Gasteiger charge is -2.21. The lowest BCUT2D eigenvalue weighted by molar-refractivity contribution is -0.137. The molecule has 0 saturated carbocycles. The highest BCUT2D eigenvalue weighted by Gasteiger charge is 2.33. The van der Waals surface area contributed by atoms with Crippen molar-refractivity contribution in [1.82, 2.24) is 5.32 Å². The Morgan fingerprint density at radius 3 is 2.22 bits per heavy atom. The highest BCUT2D eigenvalue weighted by Crippen LogP contribution is 2.36. The number of rotatable bonds is 3. The number of halogens is 4. The average molecular weight is 351 g/mol. The van der Waals surface area contributed by atoms with Gasteiger partial charge in [0, 0.05) is 11.1 Å². The minimum atomic E-state index is -4.62. The van der Waals surface area contributed by atoms with E-state index in [9.17, 15) is 22.8 Å². The number of hydrogen-bond acceptors (Lipinski definition) is 2. The van der Waals surface area contributed by atoms with Gasteiger partial charge < -0.3 is 10.6 Å². The maximum Gasteiger partial charge on any atom is 0.417 e. The zero-order chi connectivity index (χ0) is 18.0. The summed E-state index contributed by atoms with van der Waals surface area (Å²) in [5, 5.41) is 4.37. The van der Waals surface area contributed by atoms with Crippen molar-refractivity contribution in [2.45, 2.75) is 39.9 Å². The number of benzene rings is 1. The summed E-state index contributed by atoms with van der Waals surface area (Å²) in [6.07, 6.45) is -4.62. The number of carbonyl (C=O) groups is 2. The maximum absolute atomic E-state index is 12.8. The van der Waals surface area contributed by atoms with Crippen LogP contribution in [0.15, 0.2) is 18.2 Å². The first-order valence-electron chi connectivity index (χ1n) is 6.81. The van der Waals surface area contributed by atoms with Gasteiger partial charge in [-0.2, -0.15) is 13.2 Å². The van der Waals surface area contributed by atoms with E-state index in [1.165, 1.54) is 13.0 Å². The van der Waals surface area contributed by atoms with E-state index in [-0.39, 0.29) is 11.6 Å². The SMILES string of the molecule is CC(NC(=O)C(C)(C)C)C(=O)Nc1ccc(Cl)c(C(F)(F)F)c1. The number of carbonyl (C=O) groups excluding carboxylic acids is 2. The Hall–Kier alpha value is -1.76. The predicted molar refractivity (Wildman–Crippen MR) is 82.1 cm³/mol. The molecule has 1 aromatic rings. The standard InChI is InChI=1S/C15H18ClF3N2O2/c1-8(20-13(23)14(2,3)4)12(22)21-9-5-6-11(16)10(7-9)15(17,18)19/h5-8H,1-4H3,(H,20,23)(H,21,22). The summed E-state index contributed by atoms with van der Waals surface area (Å²) in [5.41, 5.74) is -1.77. The molecule has 1 aromatic carbocycles. The second-order valence-corrected chi connectivity index (χ2v) is 6.53. The number of anilines is 1. The van der Waals surface area contributed by atoms with Crippen molar-refractivity contribution >= 4 is 29.1 Å². The highest BCUT2D eigenvalue weighted by atomic mass is 35.5. The third kappa shape index (κ3) is 5.42. The molecule has 1 atom stereocenters. The molecular formula is C15H18ClF3N2O2. The van der Waals surface area contributed by atoms with Crippen molar-refractivity contribution in [2.75, 3.05) is 5.32 Å². The summed E-state index contributed by atoms with van der Waals surface area (Å²) >= 11 is 5.51. The molecule has 4 nitrogen and oxygen atoms in total. The smallest absolute Gasteiger partial charge is 0.344 e. The van der Waals surface area contributed by atoms with Gasteiger partial charge in [0.1, 0.15) is 6.04 Å². The van der Waals surface area contributed by atoms with Gasteiger partial charge in [-0.1, -0.05) is 32.4 Å².